The van der Waals surface area contributed by atoms with Crippen LogP contribution in [0.25, 0.3) is 11.5 Å². The number of thioether (sulfide) groups is 1. The lowest BCUT2D eigenvalue weighted by molar-refractivity contribution is -0.385. The van der Waals surface area contributed by atoms with E-state index in [1.807, 2.05) is 6.07 Å². The van der Waals surface area contributed by atoms with Crippen molar-refractivity contribution in [1.82, 2.24) is 10.2 Å². The summed E-state index contributed by atoms with van der Waals surface area (Å²) in [4.78, 5) is 10.7. The van der Waals surface area contributed by atoms with Crippen LogP contribution in [0.15, 0.2) is 40.0 Å². The lowest BCUT2D eigenvalue weighted by atomic mass is 10.1. The van der Waals surface area contributed by atoms with Crippen molar-refractivity contribution in [2.24, 2.45) is 0 Å². The number of methoxy groups -OCH3 is 3. The summed E-state index contributed by atoms with van der Waals surface area (Å²) in [6.07, 6.45) is 0. The number of ether oxygens (including phenoxy) is 3. The molecule has 0 aliphatic rings. The Morgan fingerprint density at radius 1 is 1.10 bits per heavy atom. The molecule has 29 heavy (non-hydrogen) atoms. The molecule has 3 rings (SSSR count). The standard InChI is InChI=1S/C19H19N3O6S/c1-11-12(6-5-7-14(11)22(23)24)10-29-19-21-20-18(28-19)13-8-15(25-2)17(27-4)16(9-13)26-3/h5-9H,10H2,1-4H3. The minimum Gasteiger partial charge on any atom is -0.493 e. The van der Waals surface area contributed by atoms with E-state index < -0.39 is 4.92 Å². The van der Waals surface area contributed by atoms with Crippen molar-refractivity contribution >= 4 is 17.4 Å². The fourth-order valence-corrected chi connectivity index (χ4v) is 3.58. The Labute approximate surface area is 171 Å². The third kappa shape index (κ3) is 4.27. The monoisotopic (exact) mass is 417 g/mol. The minimum absolute atomic E-state index is 0.0896. The van der Waals surface area contributed by atoms with E-state index in [-0.39, 0.29) is 5.69 Å². The maximum Gasteiger partial charge on any atom is 0.277 e. The third-order valence-electron chi connectivity index (χ3n) is 4.28. The van der Waals surface area contributed by atoms with Gasteiger partial charge in [-0.05, 0) is 24.6 Å². The molecule has 152 valence electrons. The zero-order valence-corrected chi connectivity index (χ0v) is 17.1. The molecule has 0 saturated carbocycles. The number of nitro groups is 1. The number of hydrogen-bond acceptors (Lipinski definition) is 9. The summed E-state index contributed by atoms with van der Waals surface area (Å²) in [6, 6.07) is 8.42. The van der Waals surface area contributed by atoms with Gasteiger partial charge in [0.2, 0.25) is 11.6 Å². The highest BCUT2D eigenvalue weighted by atomic mass is 32.2. The van der Waals surface area contributed by atoms with Crippen molar-refractivity contribution in [2.75, 3.05) is 21.3 Å². The van der Waals surface area contributed by atoms with E-state index in [9.17, 15) is 10.1 Å². The van der Waals surface area contributed by atoms with Gasteiger partial charge in [0.15, 0.2) is 11.5 Å². The number of benzene rings is 2. The molecule has 1 heterocycles. The molecule has 0 fully saturated rings. The number of nitro benzene ring substituents is 1. The van der Waals surface area contributed by atoms with Crippen molar-refractivity contribution in [3.05, 3.63) is 51.6 Å². The first kappa shape index (κ1) is 20.5. The first-order valence-corrected chi connectivity index (χ1v) is 9.46. The molecule has 9 nitrogen and oxygen atoms in total. The van der Waals surface area contributed by atoms with E-state index in [0.717, 1.165) is 5.56 Å². The van der Waals surface area contributed by atoms with Crippen LogP contribution >= 0.6 is 11.8 Å². The highest BCUT2D eigenvalue weighted by Gasteiger charge is 2.18. The van der Waals surface area contributed by atoms with Crippen LogP contribution in [0.5, 0.6) is 17.2 Å². The van der Waals surface area contributed by atoms with Gasteiger partial charge in [-0.1, -0.05) is 23.9 Å². The van der Waals surface area contributed by atoms with E-state index in [0.29, 0.717) is 45.2 Å². The van der Waals surface area contributed by atoms with Gasteiger partial charge in [0.1, 0.15) is 0 Å². The van der Waals surface area contributed by atoms with Crippen molar-refractivity contribution in [2.45, 2.75) is 17.9 Å². The van der Waals surface area contributed by atoms with E-state index in [2.05, 4.69) is 10.2 Å². The van der Waals surface area contributed by atoms with E-state index in [1.54, 1.807) is 25.1 Å². The fourth-order valence-electron chi connectivity index (χ4n) is 2.75. The Balaban J connectivity index is 1.82. The molecule has 0 saturated heterocycles. The van der Waals surface area contributed by atoms with Crippen LogP contribution in [-0.2, 0) is 5.75 Å². The van der Waals surface area contributed by atoms with E-state index in [1.165, 1.54) is 39.2 Å². The largest absolute Gasteiger partial charge is 0.493 e. The quantitative estimate of drug-likeness (QED) is 0.301. The van der Waals surface area contributed by atoms with Crippen molar-refractivity contribution in [3.63, 3.8) is 0 Å². The van der Waals surface area contributed by atoms with Gasteiger partial charge >= 0.3 is 0 Å². The molecule has 0 unspecified atom stereocenters. The average Bonchev–Trinajstić information content (AvgIpc) is 3.20. The van der Waals surface area contributed by atoms with Crippen LogP contribution in [-0.4, -0.2) is 36.5 Å². The van der Waals surface area contributed by atoms with E-state index >= 15 is 0 Å². The number of rotatable bonds is 8. The highest BCUT2D eigenvalue weighted by Crippen LogP contribution is 2.41. The Bertz CT molecular complexity index is 1010. The summed E-state index contributed by atoms with van der Waals surface area (Å²) in [7, 11) is 4.58. The van der Waals surface area contributed by atoms with Crippen molar-refractivity contribution in [3.8, 4) is 28.7 Å². The van der Waals surface area contributed by atoms with Crippen LogP contribution < -0.4 is 14.2 Å². The number of aromatic nitrogens is 2. The third-order valence-corrected chi connectivity index (χ3v) is 5.15. The summed E-state index contributed by atoms with van der Waals surface area (Å²) in [5, 5.41) is 19.6. The van der Waals surface area contributed by atoms with E-state index in [4.69, 9.17) is 18.6 Å². The Morgan fingerprint density at radius 3 is 2.38 bits per heavy atom. The highest BCUT2D eigenvalue weighted by molar-refractivity contribution is 7.98. The molecule has 0 spiro atoms. The fraction of sp³-hybridized carbons (Fsp3) is 0.263. The van der Waals surface area contributed by atoms with Crippen LogP contribution in [0.4, 0.5) is 5.69 Å². The lowest BCUT2D eigenvalue weighted by Gasteiger charge is -2.12. The molecule has 3 aromatic rings. The van der Waals surface area contributed by atoms with Gasteiger partial charge in [-0.2, -0.15) is 0 Å². The maximum absolute atomic E-state index is 11.1. The summed E-state index contributed by atoms with van der Waals surface area (Å²) in [6.45, 7) is 1.73. The Morgan fingerprint density at radius 2 is 1.79 bits per heavy atom. The molecule has 1 aromatic heterocycles. The predicted molar refractivity (Wildman–Crippen MR) is 107 cm³/mol. The predicted octanol–water partition coefficient (Wildman–Crippen LogP) is 4.27. The normalized spacial score (nSPS) is 10.6. The summed E-state index contributed by atoms with van der Waals surface area (Å²) in [5.41, 5.74) is 2.16. The second-order valence-electron chi connectivity index (χ2n) is 5.89. The van der Waals surface area contributed by atoms with Crippen LogP contribution in [0.2, 0.25) is 0 Å². The first-order valence-electron chi connectivity index (χ1n) is 8.48. The van der Waals surface area contributed by atoms with Gasteiger partial charge in [0.25, 0.3) is 10.9 Å². The zero-order valence-electron chi connectivity index (χ0n) is 16.3. The van der Waals surface area contributed by atoms with Crippen LogP contribution in [0, 0.1) is 17.0 Å². The lowest BCUT2D eigenvalue weighted by Crippen LogP contribution is -1.95. The molecule has 0 aliphatic carbocycles. The van der Waals surface area contributed by atoms with Crippen molar-refractivity contribution in [1.29, 1.82) is 0 Å². The average molecular weight is 417 g/mol. The molecule has 0 aliphatic heterocycles. The second kappa shape index (κ2) is 8.82. The second-order valence-corrected chi connectivity index (χ2v) is 6.82. The van der Waals surface area contributed by atoms with Gasteiger partial charge in [-0.15, -0.1) is 10.2 Å². The molecule has 10 heteroatoms. The SMILES string of the molecule is COc1cc(-c2nnc(SCc3cccc([N+](=O)[O-])c3C)o2)cc(OC)c1OC. The summed E-state index contributed by atoms with van der Waals surface area (Å²) in [5.74, 6) is 2.17. The van der Waals surface area contributed by atoms with Gasteiger partial charge in [-0.25, -0.2) is 0 Å². The van der Waals surface area contributed by atoms with Crippen LogP contribution in [0.3, 0.4) is 0 Å². The van der Waals surface area contributed by atoms with Crippen LogP contribution in [0.1, 0.15) is 11.1 Å². The molecule has 0 N–H and O–H groups in total. The first-order chi connectivity index (χ1) is 14.0. The minimum atomic E-state index is -0.390. The zero-order chi connectivity index (χ0) is 21.0. The topological polar surface area (TPSA) is 110 Å². The molecule has 2 aromatic carbocycles. The molecular formula is C19H19N3O6S. The number of hydrogen-bond donors (Lipinski definition) is 0. The summed E-state index contributed by atoms with van der Waals surface area (Å²) < 4.78 is 21.7. The van der Waals surface area contributed by atoms with Gasteiger partial charge < -0.3 is 18.6 Å². The number of nitrogens with zero attached hydrogens (tertiary/aromatic N) is 3. The Kier molecular flexibility index (Phi) is 6.23. The summed E-state index contributed by atoms with van der Waals surface area (Å²) >= 11 is 1.30. The van der Waals surface area contributed by atoms with Gasteiger partial charge in [0, 0.05) is 22.9 Å². The molecule has 0 atom stereocenters. The molecular weight excluding hydrogens is 398 g/mol. The molecule has 0 radical (unpaired) electrons. The van der Waals surface area contributed by atoms with Crippen molar-refractivity contribution < 1.29 is 23.6 Å². The Hall–Kier alpha value is -3.27. The molecule has 0 bridgehead atoms. The molecule has 0 amide bonds. The smallest absolute Gasteiger partial charge is 0.277 e. The van der Waals surface area contributed by atoms with Gasteiger partial charge in [-0.3, -0.25) is 10.1 Å². The van der Waals surface area contributed by atoms with Gasteiger partial charge in [0.05, 0.1) is 26.3 Å². The maximum atomic E-state index is 11.1.